The molecule has 7 heteroatoms. The molecule has 0 spiro atoms. The predicted molar refractivity (Wildman–Crippen MR) is 73.9 cm³/mol. The summed E-state index contributed by atoms with van der Waals surface area (Å²) in [5.74, 6) is -1.45. The van der Waals surface area contributed by atoms with E-state index in [1.807, 2.05) is 0 Å². The zero-order valence-electron chi connectivity index (χ0n) is 11.8. The van der Waals surface area contributed by atoms with Crippen molar-refractivity contribution in [3.63, 3.8) is 0 Å². The summed E-state index contributed by atoms with van der Waals surface area (Å²) in [6, 6.07) is 3.14. The van der Waals surface area contributed by atoms with Crippen LogP contribution in [0.4, 0.5) is 14.9 Å². The molecule has 6 nitrogen and oxygen atoms in total. The number of carboxylic acids is 1. The summed E-state index contributed by atoms with van der Waals surface area (Å²) >= 11 is 0. The van der Waals surface area contributed by atoms with Gasteiger partial charge < -0.3 is 20.5 Å². The molecule has 0 bridgehead atoms. The first kappa shape index (κ1) is 15.1. The van der Waals surface area contributed by atoms with E-state index in [1.54, 1.807) is 0 Å². The first-order valence-electron chi connectivity index (χ1n) is 6.53. The number of ether oxygens (including phenoxy) is 1. The minimum Gasteiger partial charge on any atom is -0.497 e. The average Bonchev–Trinajstić information content (AvgIpc) is 3.25. The molecule has 0 saturated heterocycles. The maximum atomic E-state index is 13.6. The van der Waals surface area contributed by atoms with Crippen LogP contribution in [-0.4, -0.2) is 29.8 Å². The highest BCUT2D eigenvalue weighted by atomic mass is 19.1. The number of hydrogen-bond donors (Lipinski definition) is 3. The summed E-state index contributed by atoms with van der Waals surface area (Å²) < 4.78 is 18.6. The molecule has 1 unspecified atom stereocenters. The van der Waals surface area contributed by atoms with Crippen LogP contribution in [0, 0.1) is 11.7 Å². The van der Waals surface area contributed by atoms with Gasteiger partial charge in [0.1, 0.15) is 17.1 Å². The molecule has 0 aromatic heterocycles. The Morgan fingerprint density at radius 3 is 2.62 bits per heavy atom. The van der Waals surface area contributed by atoms with Gasteiger partial charge in [0.15, 0.2) is 0 Å². The van der Waals surface area contributed by atoms with Crippen molar-refractivity contribution in [3.8, 4) is 5.75 Å². The number of carboxylic acid groups (broad SMARTS) is 1. The molecule has 1 saturated carbocycles. The van der Waals surface area contributed by atoms with E-state index >= 15 is 0 Å². The van der Waals surface area contributed by atoms with Gasteiger partial charge in [-0.2, -0.15) is 0 Å². The standard InChI is InChI=1S/C14H17FN2O4/c1-14(12(18)19,8-3-4-8)17-13(20)16-11-7-9(21-2)5-6-10(11)15/h5-8H,3-4H2,1-2H3,(H,18,19)(H2,16,17,20). The van der Waals surface area contributed by atoms with Crippen molar-refractivity contribution in [1.82, 2.24) is 5.32 Å². The van der Waals surface area contributed by atoms with Crippen LogP contribution in [0.15, 0.2) is 18.2 Å². The number of hydrogen-bond acceptors (Lipinski definition) is 3. The van der Waals surface area contributed by atoms with Crippen molar-refractivity contribution in [3.05, 3.63) is 24.0 Å². The minimum atomic E-state index is -1.35. The van der Waals surface area contributed by atoms with Gasteiger partial charge in [0.05, 0.1) is 12.8 Å². The Balaban J connectivity index is 2.09. The Morgan fingerprint density at radius 2 is 2.10 bits per heavy atom. The van der Waals surface area contributed by atoms with Crippen molar-refractivity contribution in [1.29, 1.82) is 0 Å². The maximum Gasteiger partial charge on any atom is 0.329 e. The molecule has 0 heterocycles. The van der Waals surface area contributed by atoms with Crippen molar-refractivity contribution in [2.45, 2.75) is 25.3 Å². The Bertz CT molecular complexity index is 574. The Labute approximate surface area is 121 Å². The Hall–Kier alpha value is -2.31. The van der Waals surface area contributed by atoms with E-state index in [4.69, 9.17) is 4.74 Å². The molecule has 0 aliphatic heterocycles. The maximum absolute atomic E-state index is 13.6. The molecular formula is C14H17FN2O4. The van der Waals surface area contributed by atoms with E-state index < -0.39 is 23.4 Å². The monoisotopic (exact) mass is 296 g/mol. The van der Waals surface area contributed by atoms with Gasteiger partial charge in [-0.1, -0.05) is 0 Å². The lowest BCUT2D eigenvalue weighted by molar-refractivity contribution is -0.144. The van der Waals surface area contributed by atoms with E-state index in [0.29, 0.717) is 5.75 Å². The quantitative estimate of drug-likeness (QED) is 0.777. The van der Waals surface area contributed by atoms with Crippen molar-refractivity contribution < 1.29 is 23.8 Å². The normalized spacial score (nSPS) is 16.7. The van der Waals surface area contributed by atoms with Crippen molar-refractivity contribution >= 4 is 17.7 Å². The number of urea groups is 1. The van der Waals surface area contributed by atoms with Crippen LogP contribution < -0.4 is 15.4 Å². The third-order valence-corrected chi connectivity index (χ3v) is 3.63. The summed E-state index contributed by atoms with van der Waals surface area (Å²) in [5, 5.41) is 14.0. The van der Waals surface area contributed by atoms with Crippen LogP contribution in [0.1, 0.15) is 19.8 Å². The smallest absolute Gasteiger partial charge is 0.329 e. The number of carbonyl (C=O) groups excluding carboxylic acids is 1. The van der Waals surface area contributed by atoms with Crippen LogP contribution in [0.25, 0.3) is 0 Å². The molecule has 2 amide bonds. The first-order chi connectivity index (χ1) is 9.86. The fourth-order valence-electron chi connectivity index (χ4n) is 2.11. The minimum absolute atomic E-state index is 0.0737. The van der Waals surface area contributed by atoms with E-state index in [0.717, 1.165) is 18.9 Å². The van der Waals surface area contributed by atoms with Crippen molar-refractivity contribution in [2.75, 3.05) is 12.4 Å². The Morgan fingerprint density at radius 1 is 1.43 bits per heavy atom. The summed E-state index contributed by atoms with van der Waals surface area (Å²) in [5.41, 5.74) is -1.42. The molecule has 2 rings (SSSR count). The van der Waals surface area contributed by atoms with Crippen LogP contribution in [0.3, 0.4) is 0 Å². The fraction of sp³-hybridized carbons (Fsp3) is 0.429. The summed E-state index contributed by atoms with van der Waals surface area (Å²) in [7, 11) is 1.42. The summed E-state index contributed by atoms with van der Waals surface area (Å²) in [4.78, 5) is 23.2. The van der Waals surface area contributed by atoms with E-state index in [9.17, 15) is 19.1 Å². The van der Waals surface area contributed by atoms with Crippen LogP contribution in [0.2, 0.25) is 0 Å². The summed E-state index contributed by atoms with van der Waals surface area (Å²) in [6.45, 7) is 1.45. The third-order valence-electron chi connectivity index (χ3n) is 3.63. The van der Waals surface area contributed by atoms with E-state index in [-0.39, 0.29) is 11.6 Å². The molecule has 1 aromatic carbocycles. The molecule has 3 N–H and O–H groups in total. The van der Waals surface area contributed by atoms with E-state index in [2.05, 4.69) is 10.6 Å². The number of rotatable bonds is 5. The molecule has 0 radical (unpaired) electrons. The van der Waals surface area contributed by atoms with Gasteiger partial charge in [-0.15, -0.1) is 0 Å². The predicted octanol–water partition coefficient (Wildman–Crippen LogP) is 2.21. The number of carbonyl (C=O) groups is 2. The second-order valence-electron chi connectivity index (χ2n) is 5.21. The SMILES string of the molecule is COc1ccc(F)c(NC(=O)NC(C)(C(=O)O)C2CC2)c1. The second-order valence-corrected chi connectivity index (χ2v) is 5.21. The zero-order chi connectivity index (χ0) is 15.6. The Kier molecular flexibility index (Phi) is 4.02. The molecule has 1 fully saturated rings. The van der Waals surface area contributed by atoms with Gasteiger partial charge in [0, 0.05) is 6.07 Å². The fourth-order valence-corrected chi connectivity index (χ4v) is 2.11. The summed E-state index contributed by atoms with van der Waals surface area (Å²) in [6.07, 6.45) is 1.49. The van der Waals surface area contributed by atoms with Gasteiger partial charge in [-0.25, -0.2) is 14.0 Å². The topological polar surface area (TPSA) is 87.7 Å². The molecule has 114 valence electrons. The molecule has 21 heavy (non-hydrogen) atoms. The highest BCUT2D eigenvalue weighted by Crippen LogP contribution is 2.39. The lowest BCUT2D eigenvalue weighted by Crippen LogP contribution is -2.55. The van der Waals surface area contributed by atoms with Gasteiger partial charge in [0.25, 0.3) is 0 Å². The van der Waals surface area contributed by atoms with Gasteiger partial charge in [-0.3, -0.25) is 0 Å². The first-order valence-corrected chi connectivity index (χ1v) is 6.53. The van der Waals surface area contributed by atoms with Gasteiger partial charge in [-0.05, 0) is 37.8 Å². The highest BCUT2D eigenvalue weighted by Gasteiger charge is 2.48. The molecular weight excluding hydrogens is 279 g/mol. The number of nitrogens with one attached hydrogen (secondary N) is 2. The average molecular weight is 296 g/mol. The number of methoxy groups -OCH3 is 1. The number of amides is 2. The number of anilines is 1. The lowest BCUT2D eigenvalue weighted by Gasteiger charge is -2.26. The van der Waals surface area contributed by atoms with Crippen molar-refractivity contribution in [2.24, 2.45) is 5.92 Å². The van der Waals surface area contributed by atoms with Gasteiger partial charge in [0.2, 0.25) is 0 Å². The van der Waals surface area contributed by atoms with Crippen LogP contribution in [-0.2, 0) is 4.79 Å². The number of halogens is 1. The molecule has 1 aliphatic rings. The largest absolute Gasteiger partial charge is 0.497 e. The molecule has 1 aromatic rings. The number of benzene rings is 1. The molecule has 1 atom stereocenters. The van der Waals surface area contributed by atoms with E-state index in [1.165, 1.54) is 26.2 Å². The zero-order valence-corrected chi connectivity index (χ0v) is 11.8. The lowest BCUT2D eigenvalue weighted by atomic mass is 9.96. The third kappa shape index (κ3) is 3.24. The number of aliphatic carboxylic acids is 1. The van der Waals surface area contributed by atoms with Crippen LogP contribution in [0.5, 0.6) is 5.75 Å². The molecule has 1 aliphatic carbocycles. The van der Waals surface area contributed by atoms with Gasteiger partial charge >= 0.3 is 12.0 Å². The second kappa shape index (κ2) is 5.59. The van der Waals surface area contributed by atoms with Crippen LogP contribution >= 0.6 is 0 Å². The highest BCUT2D eigenvalue weighted by molar-refractivity contribution is 5.94.